The predicted octanol–water partition coefficient (Wildman–Crippen LogP) is 4.55. The molecule has 0 spiro atoms. The molecule has 1 atom stereocenters. The van der Waals surface area contributed by atoms with Crippen molar-refractivity contribution in [2.24, 2.45) is 0 Å². The summed E-state index contributed by atoms with van der Waals surface area (Å²) in [5.74, 6) is -0.129. The Bertz CT molecular complexity index is 506. The second kappa shape index (κ2) is 4.10. The molecular weight excluding hydrogens is 273 g/mol. The monoisotopic (exact) mass is 287 g/mol. The lowest BCUT2D eigenvalue weighted by atomic mass is 9.86. The molecule has 0 aliphatic heterocycles. The van der Waals surface area contributed by atoms with Crippen molar-refractivity contribution >= 4 is 28.9 Å². The smallest absolute Gasteiger partial charge is 0.258 e. The largest absolute Gasteiger partial charge is 0.273 e. The highest BCUT2D eigenvalue weighted by molar-refractivity contribution is 6.51. The van der Waals surface area contributed by atoms with Crippen molar-refractivity contribution in [3.05, 3.63) is 39.4 Å². The van der Waals surface area contributed by atoms with E-state index in [9.17, 15) is 10.1 Å². The number of benzene rings is 1. The molecule has 3 nitrogen and oxygen atoms in total. The van der Waals surface area contributed by atoms with E-state index in [-0.39, 0.29) is 21.9 Å². The molecule has 5 heteroatoms. The average Bonchev–Trinajstić information content (AvgIpc) is 2.85. The van der Waals surface area contributed by atoms with Crippen molar-refractivity contribution in [3.63, 3.8) is 0 Å². The molecule has 1 aliphatic carbocycles. The van der Waals surface area contributed by atoms with Crippen LogP contribution in [-0.2, 0) is 5.41 Å². The first-order valence-electron chi connectivity index (χ1n) is 5.79. The van der Waals surface area contributed by atoms with Gasteiger partial charge in [0.25, 0.3) is 5.69 Å². The molecule has 0 amide bonds. The quantitative estimate of drug-likeness (QED) is 0.455. The summed E-state index contributed by atoms with van der Waals surface area (Å²) in [6, 6.07) is 5.35. The van der Waals surface area contributed by atoms with Crippen molar-refractivity contribution in [1.29, 1.82) is 0 Å². The summed E-state index contributed by atoms with van der Waals surface area (Å²) in [7, 11) is 0. The van der Waals surface area contributed by atoms with E-state index in [1.54, 1.807) is 12.1 Å². The highest BCUT2D eigenvalue weighted by Gasteiger charge is 2.54. The van der Waals surface area contributed by atoms with Crippen LogP contribution in [0.5, 0.6) is 0 Å². The van der Waals surface area contributed by atoms with Crippen molar-refractivity contribution in [2.45, 2.75) is 42.9 Å². The van der Waals surface area contributed by atoms with Gasteiger partial charge < -0.3 is 0 Å². The van der Waals surface area contributed by atoms with E-state index < -0.39 is 4.33 Å². The van der Waals surface area contributed by atoms with Gasteiger partial charge in [-0.05, 0) is 17.4 Å². The third-order valence-electron chi connectivity index (χ3n) is 3.29. The zero-order valence-electron chi connectivity index (χ0n) is 10.5. The van der Waals surface area contributed by atoms with Gasteiger partial charge in [0.05, 0.1) is 4.92 Å². The number of halogens is 2. The number of rotatable bonds is 2. The van der Waals surface area contributed by atoms with Gasteiger partial charge in [-0.1, -0.05) is 32.9 Å². The fourth-order valence-electron chi connectivity index (χ4n) is 2.01. The Hall–Kier alpha value is -0.800. The first-order chi connectivity index (χ1) is 8.13. The lowest BCUT2D eigenvalue weighted by Gasteiger charge is -2.19. The van der Waals surface area contributed by atoms with Crippen LogP contribution in [0.3, 0.4) is 0 Å². The van der Waals surface area contributed by atoms with Gasteiger partial charge >= 0.3 is 0 Å². The third kappa shape index (κ3) is 2.47. The number of hydrogen-bond acceptors (Lipinski definition) is 2. The minimum absolute atomic E-state index is 0.119. The van der Waals surface area contributed by atoms with Gasteiger partial charge in [-0.3, -0.25) is 10.1 Å². The van der Waals surface area contributed by atoms with Crippen molar-refractivity contribution in [3.8, 4) is 0 Å². The van der Waals surface area contributed by atoms with E-state index in [0.29, 0.717) is 12.0 Å². The SMILES string of the molecule is CC(C)(C)c1ccc([C@H]2CC2(Cl)Cl)c([N+](=O)[O-])c1. The number of nitrogens with zero attached hydrogens (tertiary/aromatic N) is 1. The predicted molar refractivity (Wildman–Crippen MR) is 73.6 cm³/mol. The summed E-state index contributed by atoms with van der Waals surface area (Å²) in [4.78, 5) is 10.8. The van der Waals surface area contributed by atoms with Gasteiger partial charge in [-0.15, -0.1) is 23.2 Å². The van der Waals surface area contributed by atoms with Crippen LogP contribution in [0.1, 0.15) is 44.2 Å². The lowest BCUT2D eigenvalue weighted by Crippen LogP contribution is -2.12. The van der Waals surface area contributed by atoms with Gasteiger partial charge in [0, 0.05) is 17.5 Å². The van der Waals surface area contributed by atoms with Crippen LogP contribution in [0.25, 0.3) is 0 Å². The van der Waals surface area contributed by atoms with Crippen LogP contribution in [0, 0.1) is 10.1 Å². The minimum Gasteiger partial charge on any atom is -0.258 e. The lowest BCUT2D eigenvalue weighted by molar-refractivity contribution is -0.385. The second-order valence-corrected chi connectivity index (χ2v) is 7.34. The molecule has 0 saturated heterocycles. The van der Waals surface area contributed by atoms with E-state index in [2.05, 4.69) is 0 Å². The minimum atomic E-state index is -0.839. The highest BCUT2D eigenvalue weighted by Crippen LogP contribution is 2.61. The molecule has 1 aromatic rings. The van der Waals surface area contributed by atoms with E-state index in [0.717, 1.165) is 5.56 Å². The van der Waals surface area contributed by atoms with Crippen LogP contribution >= 0.6 is 23.2 Å². The van der Waals surface area contributed by atoms with E-state index in [1.807, 2.05) is 26.8 Å². The molecule has 98 valence electrons. The zero-order valence-corrected chi connectivity index (χ0v) is 12.0. The Kier molecular flexibility index (Phi) is 3.11. The number of alkyl halides is 2. The van der Waals surface area contributed by atoms with E-state index >= 15 is 0 Å². The Labute approximate surface area is 116 Å². The number of hydrogen-bond donors (Lipinski definition) is 0. The van der Waals surface area contributed by atoms with Crippen LogP contribution < -0.4 is 0 Å². The Balaban J connectivity index is 2.47. The highest BCUT2D eigenvalue weighted by atomic mass is 35.5. The fourth-order valence-corrected chi connectivity index (χ4v) is 2.56. The molecular formula is C13H15Cl2NO2. The van der Waals surface area contributed by atoms with Crippen LogP contribution in [0.4, 0.5) is 5.69 Å². The molecule has 0 N–H and O–H groups in total. The molecule has 0 heterocycles. The maximum atomic E-state index is 11.2. The molecule has 2 rings (SSSR count). The van der Waals surface area contributed by atoms with E-state index in [1.165, 1.54) is 0 Å². The maximum absolute atomic E-state index is 11.2. The van der Waals surface area contributed by atoms with Crippen molar-refractivity contribution < 1.29 is 4.92 Å². The summed E-state index contributed by atoms with van der Waals surface area (Å²) in [6.45, 7) is 6.07. The van der Waals surface area contributed by atoms with Gasteiger partial charge in [0.1, 0.15) is 4.33 Å². The summed E-state index contributed by atoms with van der Waals surface area (Å²) in [5.41, 5.74) is 1.58. The molecule has 1 aliphatic rings. The van der Waals surface area contributed by atoms with Gasteiger partial charge in [-0.2, -0.15) is 0 Å². The van der Waals surface area contributed by atoms with Crippen LogP contribution in [0.2, 0.25) is 0 Å². The molecule has 18 heavy (non-hydrogen) atoms. The summed E-state index contributed by atoms with van der Waals surface area (Å²) < 4.78 is -0.839. The van der Waals surface area contributed by atoms with Gasteiger partial charge in [0.15, 0.2) is 0 Å². The number of nitro benzene ring substituents is 1. The molecule has 1 saturated carbocycles. The molecule has 0 unspecified atom stereocenters. The summed E-state index contributed by atoms with van der Waals surface area (Å²) in [6.07, 6.45) is 0.575. The topological polar surface area (TPSA) is 43.1 Å². The second-order valence-electron chi connectivity index (χ2n) is 5.80. The molecule has 0 aromatic heterocycles. The van der Waals surface area contributed by atoms with Crippen LogP contribution in [0.15, 0.2) is 18.2 Å². The Morgan fingerprint density at radius 1 is 1.39 bits per heavy atom. The van der Waals surface area contributed by atoms with Gasteiger partial charge in [0.2, 0.25) is 0 Å². The van der Waals surface area contributed by atoms with Gasteiger partial charge in [-0.25, -0.2) is 0 Å². The summed E-state index contributed by atoms with van der Waals surface area (Å²) in [5, 5.41) is 11.2. The van der Waals surface area contributed by atoms with Crippen molar-refractivity contribution in [1.82, 2.24) is 0 Å². The Morgan fingerprint density at radius 3 is 2.33 bits per heavy atom. The first kappa shape index (κ1) is 13.6. The third-order valence-corrected chi connectivity index (χ3v) is 4.13. The van der Waals surface area contributed by atoms with Crippen molar-refractivity contribution in [2.75, 3.05) is 0 Å². The summed E-state index contributed by atoms with van der Waals surface area (Å²) >= 11 is 12.0. The standard InChI is InChI=1S/C13H15Cl2NO2/c1-12(2,3)8-4-5-9(10-7-13(10,14)15)11(6-8)16(17)18/h4-6,10H,7H2,1-3H3/t10-/m1/s1. The molecule has 1 fully saturated rings. The normalized spacial score (nSPS) is 21.7. The molecule has 0 bridgehead atoms. The Morgan fingerprint density at radius 2 is 1.94 bits per heavy atom. The number of nitro groups is 1. The first-order valence-corrected chi connectivity index (χ1v) is 6.55. The van der Waals surface area contributed by atoms with E-state index in [4.69, 9.17) is 23.2 Å². The zero-order chi connectivity index (χ0) is 13.7. The average molecular weight is 288 g/mol. The molecule has 1 aromatic carbocycles. The fraction of sp³-hybridized carbons (Fsp3) is 0.538. The molecule has 0 radical (unpaired) electrons. The van der Waals surface area contributed by atoms with Crippen LogP contribution in [-0.4, -0.2) is 9.26 Å². The maximum Gasteiger partial charge on any atom is 0.273 e.